The predicted octanol–water partition coefficient (Wildman–Crippen LogP) is 3.06. The number of likely N-dealkylation sites (N-methyl/N-ethyl adjacent to an activating group) is 1. The van der Waals surface area contributed by atoms with Gasteiger partial charge < -0.3 is 24.3 Å². The van der Waals surface area contributed by atoms with Crippen LogP contribution in [0.25, 0.3) is 0 Å². The first-order chi connectivity index (χ1) is 14.4. The number of hydrogen-bond acceptors (Lipinski definition) is 6. The Morgan fingerprint density at radius 1 is 1.03 bits per heavy atom. The van der Waals surface area contributed by atoms with Crippen LogP contribution in [0.4, 0.5) is 8.78 Å². The molecule has 9 heteroatoms. The Labute approximate surface area is 174 Å². The zero-order valence-electron chi connectivity index (χ0n) is 17.4. The van der Waals surface area contributed by atoms with E-state index in [0.717, 1.165) is 5.56 Å². The molecular formula is C21H26F2N2O5. The van der Waals surface area contributed by atoms with E-state index >= 15 is 0 Å². The number of carbonyl (C=O) groups is 1. The summed E-state index contributed by atoms with van der Waals surface area (Å²) in [4.78, 5) is 14.1. The van der Waals surface area contributed by atoms with Crippen LogP contribution < -0.4 is 24.3 Å². The highest BCUT2D eigenvalue weighted by Crippen LogP contribution is 2.31. The lowest BCUT2D eigenvalue weighted by atomic mass is 10.1. The lowest BCUT2D eigenvalue weighted by Crippen LogP contribution is -2.34. The molecule has 0 fully saturated rings. The molecule has 0 aliphatic carbocycles. The highest BCUT2D eigenvalue weighted by Gasteiger charge is 2.14. The molecule has 0 saturated heterocycles. The van der Waals surface area contributed by atoms with E-state index in [1.807, 2.05) is 24.1 Å². The van der Waals surface area contributed by atoms with E-state index in [1.165, 1.54) is 13.2 Å². The van der Waals surface area contributed by atoms with Crippen LogP contribution in [0.2, 0.25) is 0 Å². The van der Waals surface area contributed by atoms with Crippen molar-refractivity contribution in [2.45, 2.75) is 19.7 Å². The molecule has 0 bridgehead atoms. The quantitative estimate of drug-likeness (QED) is 0.598. The molecule has 2 rings (SSSR count). The van der Waals surface area contributed by atoms with Crippen LogP contribution in [0.3, 0.4) is 0 Å². The predicted molar refractivity (Wildman–Crippen MR) is 107 cm³/mol. The molecule has 0 atom stereocenters. The molecule has 0 spiro atoms. The van der Waals surface area contributed by atoms with Gasteiger partial charge in [0.05, 0.1) is 27.9 Å². The molecule has 0 aliphatic rings. The number of alkyl halides is 2. The smallest absolute Gasteiger partial charge is 0.387 e. The van der Waals surface area contributed by atoms with Gasteiger partial charge in [0, 0.05) is 18.7 Å². The molecule has 2 aromatic carbocycles. The van der Waals surface area contributed by atoms with Crippen LogP contribution in [0, 0.1) is 0 Å². The molecule has 0 saturated carbocycles. The van der Waals surface area contributed by atoms with Gasteiger partial charge in [0.1, 0.15) is 0 Å². The molecule has 0 radical (unpaired) electrons. The molecule has 0 heterocycles. The number of amides is 1. The summed E-state index contributed by atoms with van der Waals surface area (Å²) in [5, 5.41) is 2.80. The lowest BCUT2D eigenvalue weighted by Gasteiger charge is -2.19. The van der Waals surface area contributed by atoms with E-state index in [2.05, 4.69) is 10.1 Å². The summed E-state index contributed by atoms with van der Waals surface area (Å²) in [6.45, 7) is -2.07. The van der Waals surface area contributed by atoms with Gasteiger partial charge in [-0.3, -0.25) is 9.69 Å². The third-order valence-electron chi connectivity index (χ3n) is 4.27. The molecule has 7 nitrogen and oxygen atoms in total. The molecule has 0 aromatic heterocycles. The number of benzene rings is 2. The van der Waals surface area contributed by atoms with Crippen LogP contribution in [0.5, 0.6) is 23.0 Å². The molecular weight excluding hydrogens is 398 g/mol. The number of hydrogen-bond donors (Lipinski definition) is 1. The monoisotopic (exact) mass is 424 g/mol. The van der Waals surface area contributed by atoms with Crippen molar-refractivity contribution in [3.63, 3.8) is 0 Å². The first-order valence-corrected chi connectivity index (χ1v) is 9.14. The van der Waals surface area contributed by atoms with E-state index in [-0.39, 0.29) is 30.5 Å². The van der Waals surface area contributed by atoms with Crippen LogP contribution >= 0.6 is 0 Å². The minimum absolute atomic E-state index is 0.0606. The second kappa shape index (κ2) is 11.2. The third-order valence-corrected chi connectivity index (χ3v) is 4.27. The maximum Gasteiger partial charge on any atom is 0.387 e. The maximum absolute atomic E-state index is 12.4. The van der Waals surface area contributed by atoms with Crippen LogP contribution in [0.1, 0.15) is 11.1 Å². The van der Waals surface area contributed by atoms with Crippen LogP contribution in [-0.4, -0.2) is 52.3 Å². The Balaban J connectivity index is 1.92. The molecule has 1 N–H and O–H groups in total. The first kappa shape index (κ1) is 23.2. The third kappa shape index (κ3) is 6.48. The minimum Gasteiger partial charge on any atom is -0.493 e. The van der Waals surface area contributed by atoms with Crippen molar-refractivity contribution in [1.29, 1.82) is 0 Å². The number of halogens is 2. The highest BCUT2D eigenvalue weighted by molar-refractivity contribution is 5.78. The highest BCUT2D eigenvalue weighted by atomic mass is 19.3. The Hall–Kier alpha value is -3.07. The molecule has 0 unspecified atom stereocenters. The number of para-hydroxylation sites is 1. The summed E-state index contributed by atoms with van der Waals surface area (Å²) >= 11 is 0. The summed E-state index contributed by atoms with van der Waals surface area (Å²) in [7, 11) is 6.32. The molecule has 164 valence electrons. The fourth-order valence-corrected chi connectivity index (χ4v) is 2.94. The standard InChI is InChI=1S/C21H26F2N2O5/c1-25(12-15-6-5-7-17(27-2)20(15)29-4)13-19(26)24-11-14-8-9-16(30-21(22)23)18(10-14)28-3/h5-10,21H,11-13H2,1-4H3,(H,24,26). The Morgan fingerprint density at radius 3 is 2.40 bits per heavy atom. The van der Waals surface area contributed by atoms with Crippen molar-refractivity contribution >= 4 is 5.91 Å². The molecule has 1 amide bonds. The summed E-state index contributed by atoms with van der Waals surface area (Å²) in [6, 6.07) is 10.1. The first-order valence-electron chi connectivity index (χ1n) is 9.14. The Morgan fingerprint density at radius 2 is 1.77 bits per heavy atom. The Bertz CT molecular complexity index is 848. The van der Waals surface area contributed by atoms with E-state index in [0.29, 0.717) is 23.6 Å². The zero-order chi connectivity index (χ0) is 22.1. The van der Waals surface area contributed by atoms with Gasteiger partial charge in [-0.25, -0.2) is 0 Å². The summed E-state index contributed by atoms with van der Waals surface area (Å²) < 4.78 is 45.0. The van der Waals surface area contributed by atoms with E-state index < -0.39 is 6.61 Å². The van der Waals surface area contributed by atoms with Crippen molar-refractivity contribution in [3.05, 3.63) is 47.5 Å². The van der Waals surface area contributed by atoms with Crippen molar-refractivity contribution < 1.29 is 32.5 Å². The van der Waals surface area contributed by atoms with Gasteiger partial charge in [-0.2, -0.15) is 8.78 Å². The van der Waals surface area contributed by atoms with Crippen molar-refractivity contribution in [2.24, 2.45) is 0 Å². The van der Waals surface area contributed by atoms with Gasteiger partial charge >= 0.3 is 6.61 Å². The minimum atomic E-state index is -2.94. The van der Waals surface area contributed by atoms with Crippen molar-refractivity contribution in [2.75, 3.05) is 34.9 Å². The van der Waals surface area contributed by atoms with Crippen LogP contribution in [0.15, 0.2) is 36.4 Å². The average Bonchev–Trinajstić information content (AvgIpc) is 2.72. The number of rotatable bonds is 11. The summed E-state index contributed by atoms with van der Waals surface area (Å²) in [5.74, 6) is 1.18. The lowest BCUT2D eigenvalue weighted by molar-refractivity contribution is -0.122. The zero-order valence-corrected chi connectivity index (χ0v) is 17.4. The van der Waals surface area contributed by atoms with Gasteiger partial charge in [0.2, 0.25) is 5.91 Å². The van der Waals surface area contributed by atoms with E-state index in [9.17, 15) is 13.6 Å². The van der Waals surface area contributed by atoms with Crippen molar-refractivity contribution in [3.8, 4) is 23.0 Å². The second-order valence-electron chi connectivity index (χ2n) is 6.47. The maximum atomic E-state index is 12.4. The molecule has 0 aliphatic heterocycles. The van der Waals surface area contributed by atoms with Gasteiger partial charge in [-0.05, 0) is 30.8 Å². The summed E-state index contributed by atoms with van der Waals surface area (Å²) in [6.07, 6.45) is 0. The van der Waals surface area contributed by atoms with E-state index in [1.54, 1.807) is 32.4 Å². The number of nitrogens with one attached hydrogen (secondary N) is 1. The number of nitrogens with zero attached hydrogens (tertiary/aromatic N) is 1. The summed E-state index contributed by atoms with van der Waals surface area (Å²) in [5.41, 5.74) is 1.59. The van der Waals surface area contributed by atoms with Gasteiger partial charge in [-0.1, -0.05) is 18.2 Å². The number of ether oxygens (including phenoxy) is 4. The fraction of sp³-hybridized carbons (Fsp3) is 0.381. The largest absolute Gasteiger partial charge is 0.493 e. The molecule has 2 aromatic rings. The van der Waals surface area contributed by atoms with Crippen molar-refractivity contribution in [1.82, 2.24) is 10.2 Å². The topological polar surface area (TPSA) is 69.3 Å². The molecule has 30 heavy (non-hydrogen) atoms. The normalized spacial score (nSPS) is 10.8. The average molecular weight is 424 g/mol. The second-order valence-corrected chi connectivity index (χ2v) is 6.47. The van der Waals surface area contributed by atoms with E-state index in [4.69, 9.17) is 14.2 Å². The van der Waals surface area contributed by atoms with Gasteiger partial charge in [0.25, 0.3) is 0 Å². The van der Waals surface area contributed by atoms with Gasteiger partial charge in [-0.15, -0.1) is 0 Å². The number of methoxy groups -OCH3 is 3. The number of carbonyl (C=O) groups excluding carboxylic acids is 1. The fourth-order valence-electron chi connectivity index (χ4n) is 2.94. The van der Waals surface area contributed by atoms with Gasteiger partial charge in [0.15, 0.2) is 23.0 Å². The SMILES string of the molecule is COc1cc(CNC(=O)CN(C)Cc2cccc(OC)c2OC)ccc1OC(F)F. The van der Waals surface area contributed by atoms with Crippen LogP contribution in [-0.2, 0) is 17.9 Å². The Kier molecular flexibility index (Phi) is 8.67.